The number of aromatic amines is 1. The molecule has 6 nitrogen and oxygen atoms in total. The van der Waals surface area contributed by atoms with Gasteiger partial charge in [0.2, 0.25) is 0 Å². The molecule has 0 unspecified atom stereocenters. The van der Waals surface area contributed by atoms with Crippen LogP contribution in [0.15, 0.2) is 30.5 Å². The van der Waals surface area contributed by atoms with Crippen molar-refractivity contribution < 1.29 is 20.6 Å². The molecule has 0 fully saturated rings. The zero-order chi connectivity index (χ0) is 11.5. The lowest BCUT2D eigenvalue weighted by atomic mass is 10.1. The molecule has 1 heterocycles. The summed E-state index contributed by atoms with van der Waals surface area (Å²) < 4.78 is 0. The molecule has 6 N–H and O–H groups in total. The van der Waals surface area contributed by atoms with E-state index in [-0.39, 0.29) is 11.9 Å². The first kappa shape index (κ1) is 13.2. The van der Waals surface area contributed by atoms with Crippen LogP contribution >= 0.6 is 0 Å². The van der Waals surface area contributed by atoms with Crippen LogP contribution in [0.3, 0.4) is 0 Å². The molecular weight excluding hydrogens is 224 g/mol. The van der Waals surface area contributed by atoms with E-state index in [1.54, 1.807) is 11.7 Å². The average molecular weight is 238 g/mol. The van der Waals surface area contributed by atoms with E-state index in [1.807, 2.05) is 24.3 Å². The van der Waals surface area contributed by atoms with Gasteiger partial charge in [-0.25, -0.2) is 0 Å². The highest BCUT2D eigenvalue weighted by molar-refractivity contribution is 5.84. The van der Waals surface area contributed by atoms with Gasteiger partial charge in [-0.1, -0.05) is 18.2 Å². The molecule has 92 valence electrons. The Morgan fingerprint density at radius 2 is 2.12 bits per heavy atom. The van der Waals surface area contributed by atoms with Crippen molar-refractivity contribution in [2.45, 2.75) is 12.5 Å². The number of fused-ring (bicyclic) bond motifs is 1. The molecule has 0 aliphatic rings. The molecule has 1 aromatic carbocycles. The lowest BCUT2D eigenvalue weighted by Gasteiger charge is -2.08. The molecule has 2 aromatic rings. The van der Waals surface area contributed by atoms with E-state index in [0.717, 1.165) is 16.5 Å². The maximum absolute atomic E-state index is 10.8. The predicted octanol–water partition coefficient (Wildman–Crippen LogP) is 0.318. The summed E-state index contributed by atoms with van der Waals surface area (Å²) >= 11 is 0. The quantitative estimate of drug-likeness (QED) is 0.574. The largest absolute Gasteiger partial charge is 0.480 e. The highest BCUT2D eigenvalue weighted by Crippen LogP contribution is 2.18. The van der Waals surface area contributed by atoms with Gasteiger partial charge in [-0.05, 0) is 11.6 Å². The van der Waals surface area contributed by atoms with E-state index < -0.39 is 12.0 Å². The summed E-state index contributed by atoms with van der Waals surface area (Å²) in [7, 11) is 0. The number of carbonyl (C=O) groups is 1. The Labute approximate surface area is 97.2 Å². The molecule has 1 atom stereocenters. The third-order valence-corrected chi connectivity index (χ3v) is 2.55. The van der Waals surface area contributed by atoms with Gasteiger partial charge < -0.3 is 20.8 Å². The number of aliphatic carboxylic acids is 1. The van der Waals surface area contributed by atoms with Crippen LogP contribution in [0.25, 0.3) is 10.9 Å². The van der Waals surface area contributed by atoms with Gasteiger partial charge in [0.1, 0.15) is 6.04 Å². The van der Waals surface area contributed by atoms with E-state index in [1.165, 1.54) is 0 Å². The molecule has 6 heteroatoms. The van der Waals surface area contributed by atoms with Gasteiger partial charge in [0, 0.05) is 23.5 Å². The molecule has 0 amide bonds. The third-order valence-electron chi connectivity index (χ3n) is 2.55. The number of benzene rings is 1. The smallest absolute Gasteiger partial charge is 0.323 e. The number of hydrogen-bond donors (Lipinski definition) is 4. The zero-order valence-electron chi connectivity index (χ0n) is 8.97. The molecule has 0 radical (unpaired) electrons. The van der Waals surface area contributed by atoms with Crippen LogP contribution in [-0.2, 0) is 11.2 Å². The van der Waals surface area contributed by atoms with Crippen LogP contribution in [0.1, 0.15) is 5.56 Å². The number of H-pyrrole nitrogens is 1. The SMILES string of the molecule is O.O=C(O)[C@H](Cc1c[nH]c2ccccc12)NO. The first-order chi connectivity index (χ1) is 7.72. The van der Waals surface area contributed by atoms with E-state index in [2.05, 4.69) is 4.98 Å². The van der Waals surface area contributed by atoms with Gasteiger partial charge in [0.25, 0.3) is 0 Å². The number of hydrogen-bond acceptors (Lipinski definition) is 3. The Morgan fingerprint density at radius 3 is 2.76 bits per heavy atom. The topological polar surface area (TPSA) is 117 Å². The van der Waals surface area contributed by atoms with Crippen LogP contribution in [0.2, 0.25) is 0 Å². The molecular formula is C11H14N2O4. The first-order valence-corrected chi connectivity index (χ1v) is 4.90. The van der Waals surface area contributed by atoms with E-state index >= 15 is 0 Å². The monoisotopic (exact) mass is 238 g/mol. The van der Waals surface area contributed by atoms with Gasteiger partial charge in [-0.15, -0.1) is 0 Å². The van der Waals surface area contributed by atoms with Crippen molar-refractivity contribution in [3.8, 4) is 0 Å². The standard InChI is InChI=1S/C11H12N2O3.H2O/c14-11(15)10(13-16)5-7-6-12-9-4-2-1-3-8(7)9;/h1-4,6,10,12-13,16H,5H2,(H,14,15);1H2/t10-;/m0./s1. The normalized spacial score (nSPS) is 12.1. The van der Waals surface area contributed by atoms with Gasteiger partial charge in [0.15, 0.2) is 0 Å². The van der Waals surface area contributed by atoms with Crippen LogP contribution in [0.4, 0.5) is 0 Å². The zero-order valence-corrected chi connectivity index (χ0v) is 8.97. The van der Waals surface area contributed by atoms with Crippen molar-refractivity contribution in [1.82, 2.24) is 10.5 Å². The number of carboxylic acid groups (broad SMARTS) is 1. The summed E-state index contributed by atoms with van der Waals surface area (Å²) in [6.45, 7) is 0. The van der Waals surface area contributed by atoms with Gasteiger partial charge >= 0.3 is 5.97 Å². The second-order valence-corrected chi connectivity index (χ2v) is 3.58. The maximum Gasteiger partial charge on any atom is 0.323 e. The third kappa shape index (κ3) is 2.62. The van der Waals surface area contributed by atoms with Gasteiger partial charge in [-0.3, -0.25) is 4.79 Å². The minimum absolute atomic E-state index is 0. The molecule has 0 bridgehead atoms. The van der Waals surface area contributed by atoms with Gasteiger partial charge in [0.05, 0.1) is 0 Å². The van der Waals surface area contributed by atoms with Crippen molar-refractivity contribution in [2.75, 3.05) is 0 Å². The molecule has 2 rings (SSSR count). The van der Waals surface area contributed by atoms with Crippen molar-refractivity contribution in [3.05, 3.63) is 36.0 Å². The van der Waals surface area contributed by atoms with Crippen molar-refractivity contribution in [1.29, 1.82) is 0 Å². The molecule has 0 saturated carbocycles. The molecule has 0 spiro atoms. The number of aromatic nitrogens is 1. The van der Waals surface area contributed by atoms with Crippen LogP contribution in [0.5, 0.6) is 0 Å². The fourth-order valence-electron chi connectivity index (χ4n) is 1.71. The Bertz CT molecular complexity index is 509. The fourth-order valence-corrected chi connectivity index (χ4v) is 1.71. The van der Waals surface area contributed by atoms with E-state index in [0.29, 0.717) is 0 Å². The number of hydroxylamine groups is 1. The Hall–Kier alpha value is -1.89. The lowest BCUT2D eigenvalue weighted by molar-refractivity contribution is -0.142. The fraction of sp³-hybridized carbons (Fsp3) is 0.182. The molecule has 1 aromatic heterocycles. The number of carboxylic acids is 1. The Kier molecular flexibility index (Phi) is 4.22. The van der Waals surface area contributed by atoms with Gasteiger partial charge in [-0.2, -0.15) is 5.48 Å². The minimum atomic E-state index is -1.08. The second-order valence-electron chi connectivity index (χ2n) is 3.58. The summed E-state index contributed by atoms with van der Waals surface area (Å²) in [5.74, 6) is -1.08. The lowest BCUT2D eigenvalue weighted by Crippen LogP contribution is -2.36. The highest BCUT2D eigenvalue weighted by atomic mass is 16.5. The summed E-state index contributed by atoms with van der Waals surface area (Å²) in [4.78, 5) is 13.8. The summed E-state index contributed by atoms with van der Waals surface area (Å²) in [6.07, 6.45) is 1.99. The van der Waals surface area contributed by atoms with Crippen LogP contribution in [0, 0.1) is 0 Å². The summed E-state index contributed by atoms with van der Waals surface area (Å²) in [5, 5.41) is 18.5. The summed E-state index contributed by atoms with van der Waals surface area (Å²) in [6, 6.07) is 6.64. The molecule has 0 aliphatic heterocycles. The minimum Gasteiger partial charge on any atom is -0.480 e. The van der Waals surface area contributed by atoms with Crippen molar-refractivity contribution in [3.63, 3.8) is 0 Å². The highest BCUT2D eigenvalue weighted by Gasteiger charge is 2.18. The van der Waals surface area contributed by atoms with Crippen LogP contribution < -0.4 is 5.48 Å². The van der Waals surface area contributed by atoms with Crippen molar-refractivity contribution >= 4 is 16.9 Å². The Morgan fingerprint density at radius 1 is 1.41 bits per heavy atom. The molecule has 0 aliphatic carbocycles. The summed E-state index contributed by atoms with van der Waals surface area (Å²) in [5.41, 5.74) is 3.61. The second kappa shape index (κ2) is 5.44. The average Bonchev–Trinajstić information content (AvgIpc) is 2.69. The Balaban J connectivity index is 0.00000144. The number of rotatable bonds is 4. The van der Waals surface area contributed by atoms with Crippen molar-refractivity contribution in [2.24, 2.45) is 0 Å². The number of nitrogens with one attached hydrogen (secondary N) is 2. The number of para-hydroxylation sites is 1. The molecule has 0 saturated heterocycles. The van der Waals surface area contributed by atoms with Crippen LogP contribution in [-0.4, -0.2) is 32.8 Å². The predicted molar refractivity (Wildman–Crippen MR) is 62.0 cm³/mol. The van der Waals surface area contributed by atoms with E-state index in [9.17, 15) is 4.79 Å². The first-order valence-electron chi connectivity index (χ1n) is 4.90. The molecule has 17 heavy (non-hydrogen) atoms. The maximum atomic E-state index is 10.8. The van der Waals surface area contributed by atoms with E-state index in [4.69, 9.17) is 10.3 Å².